The molecule has 31 heavy (non-hydrogen) atoms. The lowest BCUT2D eigenvalue weighted by molar-refractivity contribution is 0.0935. The fourth-order valence-electron chi connectivity index (χ4n) is 3.49. The molecule has 0 radical (unpaired) electrons. The van der Waals surface area contributed by atoms with Gasteiger partial charge in [-0.2, -0.15) is 0 Å². The highest BCUT2D eigenvalue weighted by atomic mass is 16.5. The molecule has 2 heterocycles. The lowest BCUT2D eigenvalue weighted by Gasteiger charge is -2.17. The number of rotatable bonds is 5. The van der Waals surface area contributed by atoms with Crippen LogP contribution in [0.25, 0.3) is 16.7 Å². The van der Waals surface area contributed by atoms with E-state index in [0.29, 0.717) is 16.8 Å². The molecule has 0 fully saturated rings. The zero-order chi connectivity index (χ0) is 22.0. The van der Waals surface area contributed by atoms with Gasteiger partial charge in [0.25, 0.3) is 11.5 Å². The van der Waals surface area contributed by atoms with E-state index in [-0.39, 0.29) is 17.3 Å². The molecule has 0 aliphatic carbocycles. The summed E-state index contributed by atoms with van der Waals surface area (Å²) in [5.74, 6) is -0.517. The summed E-state index contributed by atoms with van der Waals surface area (Å²) in [6, 6.07) is 19.1. The van der Waals surface area contributed by atoms with E-state index in [1.807, 2.05) is 37.3 Å². The van der Waals surface area contributed by atoms with Crippen molar-refractivity contribution in [2.45, 2.75) is 13.0 Å². The number of methoxy groups -OCH3 is 1. The molecular formula is C24H21N3O4. The maximum atomic E-state index is 13.4. The normalized spacial score (nSPS) is 11.8. The predicted molar refractivity (Wildman–Crippen MR) is 118 cm³/mol. The molecule has 1 atom stereocenters. The van der Waals surface area contributed by atoms with E-state index in [0.717, 1.165) is 5.56 Å². The SMILES string of the molecule is COc1cccc(-n2c(=O)c(C(=O)N[C@@H](C)c3ccccc3)c(O)c3cccnc32)c1. The fraction of sp³-hybridized carbons (Fsp3) is 0.125. The largest absolute Gasteiger partial charge is 0.506 e. The molecule has 2 N–H and O–H groups in total. The highest BCUT2D eigenvalue weighted by Crippen LogP contribution is 2.28. The van der Waals surface area contributed by atoms with Crippen molar-refractivity contribution in [3.63, 3.8) is 0 Å². The van der Waals surface area contributed by atoms with Gasteiger partial charge in [-0.1, -0.05) is 36.4 Å². The van der Waals surface area contributed by atoms with Crippen LogP contribution in [0.4, 0.5) is 0 Å². The topological polar surface area (TPSA) is 93.5 Å². The van der Waals surface area contributed by atoms with Gasteiger partial charge < -0.3 is 15.2 Å². The van der Waals surface area contributed by atoms with Gasteiger partial charge >= 0.3 is 0 Å². The molecule has 7 nitrogen and oxygen atoms in total. The van der Waals surface area contributed by atoms with Crippen molar-refractivity contribution in [1.29, 1.82) is 0 Å². The van der Waals surface area contributed by atoms with Gasteiger partial charge in [0.05, 0.1) is 24.2 Å². The number of ether oxygens (including phenoxy) is 1. The van der Waals surface area contributed by atoms with Crippen molar-refractivity contribution in [3.05, 3.63) is 94.4 Å². The number of carbonyl (C=O) groups is 1. The van der Waals surface area contributed by atoms with Crippen LogP contribution in [0.1, 0.15) is 28.9 Å². The van der Waals surface area contributed by atoms with E-state index in [1.54, 1.807) is 36.4 Å². The van der Waals surface area contributed by atoms with Gasteiger partial charge in [-0.25, -0.2) is 4.98 Å². The number of nitrogens with one attached hydrogen (secondary N) is 1. The summed E-state index contributed by atoms with van der Waals surface area (Å²) in [7, 11) is 1.53. The Labute approximate surface area is 178 Å². The first-order chi connectivity index (χ1) is 15.0. The highest BCUT2D eigenvalue weighted by Gasteiger charge is 2.25. The van der Waals surface area contributed by atoms with Gasteiger partial charge in [-0.15, -0.1) is 0 Å². The van der Waals surface area contributed by atoms with E-state index in [2.05, 4.69) is 10.3 Å². The maximum Gasteiger partial charge on any atom is 0.273 e. The molecule has 2 aromatic heterocycles. The number of hydrogen-bond acceptors (Lipinski definition) is 5. The van der Waals surface area contributed by atoms with Crippen LogP contribution in [0.2, 0.25) is 0 Å². The number of carbonyl (C=O) groups excluding carboxylic acids is 1. The Balaban J connectivity index is 1.88. The Bertz CT molecular complexity index is 1320. The Morgan fingerprint density at radius 1 is 1.10 bits per heavy atom. The van der Waals surface area contributed by atoms with Crippen LogP contribution >= 0.6 is 0 Å². The van der Waals surface area contributed by atoms with Gasteiger partial charge in [-0.05, 0) is 36.8 Å². The van der Waals surface area contributed by atoms with Crippen molar-refractivity contribution < 1.29 is 14.6 Å². The van der Waals surface area contributed by atoms with Crippen molar-refractivity contribution in [3.8, 4) is 17.2 Å². The van der Waals surface area contributed by atoms with E-state index in [1.165, 1.54) is 17.9 Å². The number of aromatic hydroxyl groups is 1. The number of pyridine rings is 2. The zero-order valence-corrected chi connectivity index (χ0v) is 17.1. The summed E-state index contributed by atoms with van der Waals surface area (Å²) in [6.07, 6.45) is 1.52. The molecular weight excluding hydrogens is 394 g/mol. The highest BCUT2D eigenvalue weighted by molar-refractivity contribution is 6.02. The molecule has 0 spiro atoms. The molecule has 2 aromatic carbocycles. The lowest BCUT2D eigenvalue weighted by atomic mass is 10.1. The summed E-state index contributed by atoms with van der Waals surface area (Å²) < 4.78 is 6.57. The van der Waals surface area contributed by atoms with Crippen LogP contribution in [-0.4, -0.2) is 27.7 Å². The van der Waals surface area contributed by atoms with Gasteiger partial charge in [0.15, 0.2) is 5.65 Å². The molecule has 7 heteroatoms. The quantitative estimate of drug-likeness (QED) is 0.520. The smallest absolute Gasteiger partial charge is 0.273 e. The van der Waals surface area contributed by atoms with Gasteiger partial charge in [0.2, 0.25) is 0 Å². The fourth-order valence-corrected chi connectivity index (χ4v) is 3.49. The van der Waals surface area contributed by atoms with Crippen LogP contribution in [0.5, 0.6) is 11.5 Å². The lowest BCUT2D eigenvalue weighted by Crippen LogP contribution is -2.34. The molecule has 0 aliphatic heterocycles. The Kier molecular flexibility index (Phi) is 5.41. The summed E-state index contributed by atoms with van der Waals surface area (Å²) >= 11 is 0. The number of amides is 1. The zero-order valence-electron chi connectivity index (χ0n) is 17.1. The average Bonchev–Trinajstić information content (AvgIpc) is 2.80. The first kappa shape index (κ1) is 20.2. The van der Waals surface area contributed by atoms with E-state index in [9.17, 15) is 14.7 Å². The van der Waals surface area contributed by atoms with Crippen molar-refractivity contribution in [1.82, 2.24) is 14.9 Å². The minimum absolute atomic E-state index is 0.242. The predicted octanol–water partition coefficient (Wildman–Crippen LogP) is 3.59. The Morgan fingerprint density at radius 2 is 1.87 bits per heavy atom. The standard InChI is InChI=1S/C24H21N3O4/c1-15(16-8-4-3-5-9-16)26-23(29)20-21(28)19-12-7-13-25-22(19)27(24(20)30)17-10-6-11-18(14-17)31-2/h3-15,28H,1-2H3,(H,26,29)/t15-/m0/s1. The number of nitrogens with zero attached hydrogens (tertiary/aromatic N) is 2. The number of hydrogen-bond donors (Lipinski definition) is 2. The molecule has 156 valence electrons. The summed E-state index contributed by atoms with van der Waals surface area (Å²) in [5, 5.41) is 13.9. The third-order valence-electron chi connectivity index (χ3n) is 5.09. The van der Waals surface area contributed by atoms with E-state index < -0.39 is 17.2 Å². The Morgan fingerprint density at radius 3 is 2.61 bits per heavy atom. The first-order valence-electron chi connectivity index (χ1n) is 9.74. The summed E-state index contributed by atoms with van der Waals surface area (Å²) in [5.41, 5.74) is 0.579. The number of fused-ring (bicyclic) bond motifs is 1. The van der Waals surface area contributed by atoms with Crippen molar-refractivity contribution in [2.24, 2.45) is 0 Å². The third-order valence-corrected chi connectivity index (χ3v) is 5.09. The number of aromatic nitrogens is 2. The second kappa shape index (κ2) is 8.31. The van der Waals surface area contributed by atoms with Gasteiger partial charge in [0.1, 0.15) is 17.1 Å². The molecule has 4 rings (SSSR count). The molecule has 0 saturated carbocycles. The van der Waals surface area contributed by atoms with Crippen LogP contribution in [-0.2, 0) is 0 Å². The average molecular weight is 415 g/mol. The van der Waals surface area contributed by atoms with Crippen LogP contribution in [0.15, 0.2) is 77.7 Å². The van der Waals surface area contributed by atoms with Crippen LogP contribution in [0.3, 0.4) is 0 Å². The Hall–Kier alpha value is -4.13. The molecule has 0 saturated heterocycles. The van der Waals surface area contributed by atoms with Gasteiger partial charge in [-0.3, -0.25) is 14.2 Å². The molecule has 0 unspecified atom stereocenters. The minimum Gasteiger partial charge on any atom is -0.506 e. The third kappa shape index (κ3) is 3.73. The summed E-state index contributed by atoms with van der Waals surface area (Å²) in [4.78, 5) is 30.8. The second-order valence-corrected chi connectivity index (χ2v) is 7.05. The van der Waals surface area contributed by atoms with E-state index >= 15 is 0 Å². The van der Waals surface area contributed by atoms with Gasteiger partial charge in [0, 0.05) is 12.3 Å². The van der Waals surface area contributed by atoms with E-state index in [4.69, 9.17) is 4.74 Å². The summed E-state index contributed by atoms with van der Waals surface area (Å²) in [6.45, 7) is 1.81. The first-order valence-corrected chi connectivity index (χ1v) is 9.74. The molecule has 1 amide bonds. The maximum absolute atomic E-state index is 13.4. The minimum atomic E-state index is -0.672. The van der Waals surface area contributed by atoms with Crippen molar-refractivity contribution >= 4 is 16.9 Å². The molecule has 0 aliphatic rings. The van der Waals surface area contributed by atoms with Crippen LogP contribution in [0, 0.1) is 0 Å². The second-order valence-electron chi connectivity index (χ2n) is 7.05. The van der Waals surface area contributed by atoms with Crippen molar-refractivity contribution in [2.75, 3.05) is 7.11 Å². The molecule has 4 aromatic rings. The monoisotopic (exact) mass is 415 g/mol. The number of benzene rings is 2. The van der Waals surface area contributed by atoms with Crippen LogP contribution < -0.4 is 15.6 Å². The molecule has 0 bridgehead atoms.